The number of halogens is 2. The zero-order valence-electron chi connectivity index (χ0n) is 18.9. The molecule has 1 amide bonds. The molecule has 4 rings (SSSR count). The number of thioether (sulfide) groups is 1. The van der Waals surface area contributed by atoms with Gasteiger partial charge < -0.3 is 4.90 Å². The fourth-order valence-electron chi connectivity index (χ4n) is 3.58. The zero-order chi connectivity index (χ0) is 24.1. The highest BCUT2D eigenvalue weighted by atomic mass is 35.5. The standard InChI is InChI=1S/C26H24Cl2N4OS/c1-3-15-31(2)25(33)19-13-11-18(12-14-19)17-34-26-30-29-24(22-9-4-5-10-23(22)28)32(26)21-8-6-7-20(27)16-21/h4-14,16H,3,15,17H2,1-2H3. The van der Waals surface area contributed by atoms with E-state index in [2.05, 4.69) is 17.1 Å². The largest absolute Gasteiger partial charge is 0.342 e. The summed E-state index contributed by atoms with van der Waals surface area (Å²) < 4.78 is 1.97. The second-order valence-electron chi connectivity index (χ2n) is 7.81. The van der Waals surface area contributed by atoms with Crippen LogP contribution in [0.2, 0.25) is 10.0 Å². The van der Waals surface area contributed by atoms with Crippen molar-refractivity contribution in [1.29, 1.82) is 0 Å². The molecule has 0 saturated carbocycles. The maximum absolute atomic E-state index is 12.5. The van der Waals surface area contributed by atoms with Gasteiger partial charge in [-0.05, 0) is 54.4 Å². The van der Waals surface area contributed by atoms with Gasteiger partial charge in [0.2, 0.25) is 0 Å². The third-order valence-electron chi connectivity index (χ3n) is 5.29. The molecule has 174 valence electrons. The van der Waals surface area contributed by atoms with Gasteiger partial charge in [-0.3, -0.25) is 9.36 Å². The van der Waals surface area contributed by atoms with Crippen LogP contribution >= 0.6 is 35.0 Å². The van der Waals surface area contributed by atoms with Gasteiger partial charge in [0.05, 0.1) is 10.7 Å². The van der Waals surface area contributed by atoms with Gasteiger partial charge in [-0.25, -0.2) is 0 Å². The molecule has 0 spiro atoms. The third kappa shape index (κ3) is 5.46. The predicted molar refractivity (Wildman–Crippen MR) is 140 cm³/mol. The van der Waals surface area contributed by atoms with E-state index in [1.54, 1.807) is 16.7 Å². The Bertz CT molecular complexity index is 1290. The van der Waals surface area contributed by atoms with Crippen LogP contribution in [0.5, 0.6) is 0 Å². The monoisotopic (exact) mass is 510 g/mol. The lowest BCUT2D eigenvalue weighted by Crippen LogP contribution is -2.27. The van der Waals surface area contributed by atoms with Crippen LogP contribution in [0.25, 0.3) is 17.1 Å². The summed E-state index contributed by atoms with van der Waals surface area (Å²) in [5, 5.41) is 10.9. The molecule has 0 aliphatic rings. The van der Waals surface area contributed by atoms with E-state index < -0.39 is 0 Å². The predicted octanol–water partition coefficient (Wildman–Crippen LogP) is 7.02. The number of hydrogen-bond acceptors (Lipinski definition) is 4. The number of nitrogens with zero attached hydrogens (tertiary/aromatic N) is 4. The molecule has 0 N–H and O–H groups in total. The molecule has 0 saturated heterocycles. The van der Waals surface area contributed by atoms with Crippen molar-refractivity contribution in [2.75, 3.05) is 13.6 Å². The van der Waals surface area contributed by atoms with Gasteiger partial charge in [0.15, 0.2) is 11.0 Å². The van der Waals surface area contributed by atoms with E-state index in [9.17, 15) is 4.79 Å². The Hall–Kier alpha value is -2.80. The van der Waals surface area contributed by atoms with Crippen molar-refractivity contribution in [3.63, 3.8) is 0 Å². The molecule has 34 heavy (non-hydrogen) atoms. The zero-order valence-corrected chi connectivity index (χ0v) is 21.2. The molecule has 4 aromatic rings. The molecular weight excluding hydrogens is 487 g/mol. The number of hydrogen-bond donors (Lipinski definition) is 0. The summed E-state index contributed by atoms with van der Waals surface area (Å²) in [7, 11) is 1.83. The minimum Gasteiger partial charge on any atom is -0.342 e. The van der Waals surface area contributed by atoms with Crippen LogP contribution in [0.1, 0.15) is 29.3 Å². The molecule has 0 fully saturated rings. The van der Waals surface area contributed by atoms with Gasteiger partial charge in [-0.15, -0.1) is 10.2 Å². The van der Waals surface area contributed by atoms with Gasteiger partial charge in [-0.1, -0.05) is 72.2 Å². The van der Waals surface area contributed by atoms with Crippen molar-refractivity contribution < 1.29 is 4.79 Å². The first-order chi connectivity index (χ1) is 16.5. The van der Waals surface area contributed by atoms with Crippen molar-refractivity contribution in [3.8, 4) is 17.1 Å². The minimum absolute atomic E-state index is 0.0335. The Labute approximate surface area is 213 Å². The number of carbonyl (C=O) groups is 1. The lowest BCUT2D eigenvalue weighted by atomic mass is 10.1. The average molecular weight is 511 g/mol. The molecule has 0 aliphatic heterocycles. The number of rotatable bonds is 8. The maximum Gasteiger partial charge on any atom is 0.253 e. The summed E-state index contributed by atoms with van der Waals surface area (Å²) in [5.74, 6) is 1.35. The molecule has 0 unspecified atom stereocenters. The van der Waals surface area contributed by atoms with E-state index in [0.717, 1.165) is 34.9 Å². The van der Waals surface area contributed by atoms with Crippen molar-refractivity contribution in [2.24, 2.45) is 0 Å². The highest BCUT2D eigenvalue weighted by Gasteiger charge is 2.18. The van der Waals surface area contributed by atoms with Crippen LogP contribution in [-0.2, 0) is 5.75 Å². The molecule has 0 atom stereocenters. The summed E-state index contributed by atoms with van der Waals surface area (Å²) in [4.78, 5) is 14.2. The van der Waals surface area contributed by atoms with Gasteiger partial charge in [0.25, 0.3) is 5.91 Å². The molecule has 3 aromatic carbocycles. The highest BCUT2D eigenvalue weighted by molar-refractivity contribution is 7.98. The summed E-state index contributed by atoms with van der Waals surface area (Å²) in [5.41, 5.74) is 3.42. The van der Waals surface area contributed by atoms with E-state index in [1.807, 2.05) is 84.4 Å². The molecule has 5 nitrogen and oxygen atoms in total. The Kier molecular flexibility index (Phi) is 7.93. The Morgan fingerprint density at radius 2 is 1.76 bits per heavy atom. The van der Waals surface area contributed by atoms with Gasteiger partial charge >= 0.3 is 0 Å². The highest BCUT2D eigenvalue weighted by Crippen LogP contribution is 2.33. The van der Waals surface area contributed by atoms with Gasteiger partial charge in [-0.2, -0.15) is 0 Å². The van der Waals surface area contributed by atoms with E-state index >= 15 is 0 Å². The summed E-state index contributed by atoms with van der Waals surface area (Å²) in [6.07, 6.45) is 0.931. The second kappa shape index (κ2) is 11.1. The fraction of sp³-hybridized carbons (Fsp3) is 0.192. The van der Waals surface area contributed by atoms with Crippen LogP contribution in [0.4, 0.5) is 0 Å². The Morgan fingerprint density at radius 1 is 1.00 bits per heavy atom. The number of amides is 1. The minimum atomic E-state index is 0.0335. The first-order valence-electron chi connectivity index (χ1n) is 10.9. The molecular formula is C26H24Cl2N4OS. The molecule has 1 heterocycles. The quantitative estimate of drug-likeness (QED) is 0.239. The Morgan fingerprint density at radius 3 is 2.47 bits per heavy atom. The van der Waals surface area contributed by atoms with Crippen LogP contribution in [0.3, 0.4) is 0 Å². The molecule has 8 heteroatoms. The van der Waals surface area contributed by atoms with Crippen LogP contribution in [-0.4, -0.2) is 39.2 Å². The topological polar surface area (TPSA) is 51.0 Å². The lowest BCUT2D eigenvalue weighted by Gasteiger charge is -2.16. The van der Waals surface area contributed by atoms with Crippen molar-refractivity contribution in [1.82, 2.24) is 19.7 Å². The van der Waals surface area contributed by atoms with E-state index in [-0.39, 0.29) is 5.91 Å². The van der Waals surface area contributed by atoms with Crippen molar-refractivity contribution in [2.45, 2.75) is 24.3 Å². The number of aromatic nitrogens is 3. The number of benzene rings is 3. The van der Waals surface area contributed by atoms with Crippen molar-refractivity contribution in [3.05, 3.63) is 94.0 Å². The Balaban J connectivity index is 1.60. The van der Waals surface area contributed by atoms with Crippen molar-refractivity contribution >= 4 is 40.9 Å². The second-order valence-corrected chi connectivity index (χ2v) is 9.60. The summed E-state index contributed by atoms with van der Waals surface area (Å²) >= 11 is 14.3. The first kappa shape index (κ1) is 24.3. The summed E-state index contributed by atoms with van der Waals surface area (Å²) in [6.45, 7) is 2.80. The van der Waals surface area contributed by atoms with Crippen LogP contribution in [0, 0.1) is 0 Å². The van der Waals surface area contributed by atoms with E-state index in [4.69, 9.17) is 23.2 Å². The SMILES string of the molecule is CCCN(C)C(=O)c1ccc(CSc2nnc(-c3ccccc3Cl)n2-c2cccc(Cl)c2)cc1. The van der Waals surface area contributed by atoms with E-state index in [0.29, 0.717) is 27.2 Å². The maximum atomic E-state index is 12.5. The molecule has 0 bridgehead atoms. The normalized spacial score (nSPS) is 10.9. The smallest absolute Gasteiger partial charge is 0.253 e. The molecule has 0 radical (unpaired) electrons. The van der Waals surface area contributed by atoms with Crippen LogP contribution in [0.15, 0.2) is 78.0 Å². The fourth-order valence-corrected chi connectivity index (χ4v) is 4.89. The van der Waals surface area contributed by atoms with Gasteiger partial charge in [0.1, 0.15) is 0 Å². The lowest BCUT2D eigenvalue weighted by molar-refractivity contribution is 0.0795. The van der Waals surface area contributed by atoms with Crippen LogP contribution < -0.4 is 0 Å². The summed E-state index contributed by atoms with van der Waals surface area (Å²) in [6, 6.07) is 22.9. The molecule has 1 aromatic heterocycles. The van der Waals surface area contributed by atoms with Gasteiger partial charge in [0, 0.05) is 35.5 Å². The molecule has 0 aliphatic carbocycles. The third-order valence-corrected chi connectivity index (χ3v) is 6.85. The first-order valence-corrected chi connectivity index (χ1v) is 12.7. The number of carbonyl (C=O) groups excluding carboxylic acids is 1. The van der Waals surface area contributed by atoms with E-state index in [1.165, 1.54) is 0 Å². The average Bonchev–Trinajstić information content (AvgIpc) is 3.27.